The largest absolute Gasteiger partial charge is 0.222 e. The summed E-state index contributed by atoms with van der Waals surface area (Å²) in [6, 6.07) is 7.25. The van der Waals surface area contributed by atoms with E-state index in [1.807, 2.05) is 6.07 Å². The average molecular weight is 279 g/mol. The second kappa shape index (κ2) is 3.80. The first-order valence-electron chi connectivity index (χ1n) is 6.35. The van der Waals surface area contributed by atoms with Gasteiger partial charge in [-0.3, -0.25) is 0 Å². The molecule has 0 heterocycles. The van der Waals surface area contributed by atoms with Crippen molar-refractivity contribution in [1.29, 1.82) is 5.26 Å². The van der Waals surface area contributed by atoms with Crippen molar-refractivity contribution in [3.05, 3.63) is 30.1 Å². The molecule has 19 heavy (non-hydrogen) atoms. The molecule has 1 aromatic carbocycles. The van der Waals surface area contributed by atoms with Gasteiger partial charge in [0.1, 0.15) is 10.7 Å². The highest BCUT2D eigenvalue weighted by Crippen LogP contribution is 2.63. The van der Waals surface area contributed by atoms with Gasteiger partial charge in [-0.15, -0.1) is 0 Å². The average Bonchev–Trinajstić information content (AvgIpc) is 2.26. The van der Waals surface area contributed by atoms with Gasteiger partial charge < -0.3 is 0 Å². The van der Waals surface area contributed by atoms with Crippen molar-refractivity contribution >= 4 is 9.84 Å². The molecule has 2 saturated carbocycles. The zero-order chi connectivity index (χ0) is 13.7. The van der Waals surface area contributed by atoms with Crippen molar-refractivity contribution < 1.29 is 12.8 Å². The van der Waals surface area contributed by atoms with Gasteiger partial charge >= 0.3 is 0 Å². The smallest absolute Gasteiger partial charge is 0.200 e. The molecule has 3 rings (SSSR count). The number of hydrogen-bond acceptors (Lipinski definition) is 3. The predicted molar refractivity (Wildman–Crippen MR) is 67.4 cm³/mol. The number of sulfone groups is 1. The van der Waals surface area contributed by atoms with Crippen molar-refractivity contribution in [3.63, 3.8) is 0 Å². The Kier molecular flexibility index (Phi) is 2.52. The van der Waals surface area contributed by atoms with Crippen LogP contribution in [0.15, 0.2) is 29.2 Å². The highest BCUT2D eigenvalue weighted by atomic mass is 32.2. The lowest BCUT2D eigenvalue weighted by Crippen LogP contribution is -2.58. The van der Waals surface area contributed by atoms with Crippen LogP contribution < -0.4 is 0 Å². The first-order chi connectivity index (χ1) is 8.95. The molecular weight excluding hydrogens is 265 g/mol. The third-order valence-electron chi connectivity index (χ3n) is 4.58. The van der Waals surface area contributed by atoms with Crippen LogP contribution in [-0.4, -0.2) is 13.2 Å². The first-order valence-corrected chi connectivity index (χ1v) is 7.84. The Morgan fingerprint density at radius 2 is 1.84 bits per heavy atom. The molecule has 0 bridgehead atoms. The van der Waals surface area contributed by atoms with E-state index in [1.54, 1.807) is 0 Å². The number of benzene rings is 1. The van der Waals surface area contributed by atoms with Crippen LogP contribution in [0.5, 0.6) is 0 Å². The van der Waals surface area contributed by atoms with Gasteiger partial charge in [-0.2, -0.15) is 5.26 Å². The summed E-state index contributed by atoms with van der Waals surface area (Å²) in [5.74, 6) is -0.772. The van der Waals surface area contributed by atoms with Crippen LogP contribution in [0.25, 0.3) is 0 Å². The van der Waals surface area contributed by atoms with Gasteiger partial charge in [0.25, 0.3) is 0 Å². The summed E-state index contributed by atoms with van der Waals surface area (Å²) in [5, 5.41) is 9.32. The molecular formula is C14H14FNO2S. The Bertz CT molecular complexity index is 663. The molecule has 0 aliphatic heterocycles. The molecule has 5 heteroatoms. The van der Waals surface area contributed by atoms with E-state index in [4.69, 9.17) is 0 Å². The summed E-state index contributed by atoms with van der Waals surface area (Å²) in [7, 11) is -3.93. The number of nitrogens with zero attached hydrogens (tertiary/aromatic N) is 1. The van der Waals surface area contributed by atoms with Crippen LogP contribution in [0.2, 0.25) is 0 Å². The van der Waals surface area contributed by atoms with E-state index in [-0.39, 0.29) is 10.3 Å². The summed E-state index contributed by atoms with van der Waals surface area (Å²) in [5.41, 5.74) is 0.0358. The van der Waals surface area contributed by atoms with Gasteiger partial charge in [-0.1, -0.05) is 18.6 Å². The molecule has 0 N–H and O–H groups in total. The van der Waals surface area contributed by atoms with Gasteiger partial charge in [-0.25, -0.2) is 12.8 Å². The molecule has 0 unspecified atom stereocenters. The summed E-state index contributed by atoms with van der Waals surface area (Å²) in [6.07, 6.45) is 3.79. The van der Waals surface area contributed by atoms with Crippen molar-refractivity contribution in [1.82, 2.24) is 0 Å². The predicted octanol–water partition coefficient (Wildman–Crippen LogP) is 2.83. The SMILES string of the molecule is N#CC1(S(=O)(=O)c2ccccc2F)CC2(CCC2)C1. The first kappa shape index (κ1) is 12.6. The van der Waals surface area contributed by atoms with Gasteiger partial charge in [0.15, 0.2) is 14.6 Å². The van der Waals surface area contributed by atoms with Crippen LogP contribution >= 0.6 is 0 Å². The van der Waals surface area contributed by atoms with E-state index in [0.717, 1.165) is 25.3 Å². The van der Waals surface area contributed by atoms with E-state index in [1.165, 1.54) is 18.2 Å². The van der Waals surface area contributed by atoms with E-state index in [2.05, 4.69) is 0 Å². The number of hydrogen-bond donors (Lipinski definition) is 0. The molecule has 0 radical (unpaired) electrons. The van der Waals surface area contributed by atoms with Crippen LogP contribution in [0.3, 0.4) is 0 Å². The number of nitriles is 1. The van der Waals surface area contributed by atoms with E-state index < -0.39 is 20.4 Å². The van der Waals surface area contributed by atoms with Gasteiger partial charge in [0.2, 0.25) is 0 Å². The van der Waals surface area contributed by atoms with Crippen LogP contribution in [0.1, 0.15) is 32.1 Å². The zero-order valence-electron chi connectivity index (χ0n) is 10.4. The molecule has 0 atom stereocenters. The van der Waals surface area contributed by atoms with Crippen molar-refractivity contribution in [3.8, 4) is 6.07 Å². The van der Waals surface area contributed by atoms with Crippen LogP contribution in [-0.2, 0) is 9.84 Å². The molecule has 2 aliphatic rings. The third kappa shape index (κ3) is 1.56. The Labute approximate surface area is 112 Å². The molecule has 0 aromatic heterocycles. The summed E-state index contributed by atoms with van der Waals surface area (Å²) < 4.78 is 37.4. The number of halogens is 1. The highest BCUT2D eigenvalue weighted by Gasteiger charge is 2.64. The van der Waals surface area contributed by atoms with E-state index in [9.17, 15) is 18.1 Å². The minimum atomic E-state index is -3.93. The summed E-state index contributed by atoms with van der Waals surface area (Å²) >= 11 is 0. The molecule has 1 aromatic rings. The lowest BCUT2D eigenvalue weighted by molar-refractivity contribution is 0.0114. The fraction of sp³-hybridized carbons (Fsp3) is 0.500. The monoisotopic (exact) mass is 279 g/mol. The number of rotatable bonds is 2. The lowest BCUT2D eigenvalue weighted by atomic mass is 9.52. The minimum absolute atomic E-state index is 0.0358. The quantitative estimate of drug-likeness (QED) is 0.836. The Morgan fingerprint density at radius 1 is 1.21 bits per heavy atom. The third-order valence-corrected chi connectivity index (χ3v) is 6.90. The van der Waals surface area contributed by atoms with Gasteiger partial charge in [-0.05, 0) is 43.2 Å². The molecule has 2 aliphatic carbocycles. The summed E-state index contributed by atoms with van der Waals surface area (Å²) in [6.45, 7) is 0. The second-order valence-corrected chi connectivity index (χ2v) is 7.98. The summed E-state index contributed by atoms with van der Waals surface area (Å²) in [4.78, 5) is -0.342. The maximum atomic E-state index is 13.7. The Balaban J connectivity index is 2.01. The minimum Gasteiger partial charge on any atom is -0.222 e. The van der Waals surface area contributed by atoms with Gasteiger partial charge in [0.05, 0.1) is 6.07 Å². The van der Waals surface area contributed by atoms with Crippen molar-refractivity contribution in [2.24, 2.45) is 5.41 Å². The molecule has 0 amide bonds. The van der Waals surface area contributed by atoms with Gasteiger partial charge in [0, 0.05) is 0 Å². The molecule has 2 fully saturated rings. The van der Waals surface area contributed by atoms with E-state index >= 15 is 0 Å². The maximum absolute atomic E-state index is 13.7. The highest BCUT2D eigenvalue weighted by molar-refractivity contribution is 7.93. The lowest BCUT2D eigenvalue weighted by Gasteiger charge is -2.57. The molecule has 100 valence electrons. The standard InChI is InChI=1S/C14H14FNO2S/c15-11-4-1-2-5-12(11)19(17,18)14(10-16)8-13(9-14)6-3-7-13/h1-2,4-5H,3,6-9H2. The topological polar surface area (TPSA) is 57.9 Å². The van der Waals surface area contributed by atoms with Crippen LogP contribution in [0.4, 0.5) is 4.39 Å². The van der Waals surface area contributed by atoms with Crippen molar-refractivity contribution in [2.45, 2.75) is 41.7 Å². The molecule has 3 nitrogen and oxygen atoms in total. The normalized spacial score (nSPS) is 23.2. The van der Waals surface area contributed by atoms with Crippen molar-refractivity contribution in [2.75, 3.05) is 0 Å². The maximum Gasteiger partial charge on any atom is 0.200 e. The zero-order valence-corrected chi connectivity index (χ0v) is 11.2. The Hall–Kier alpha value is -1.41. The van der Waals surface area contributed by atoms with Crippen LogP contribution in [0, 0.1) is 22.6 Å². The molecule has 0 saturated heterocycles. The van der Waals surface area contributed by atoms with E-state index in [0.29, 0.717) is 12.8 Å². The fourth-order valence-corrected chi connectivity index (χ4v) is 5.51. The molecule has 1 spiro atoms. The second-order valence-electron chi connectivity index (χ2n) is 5.75. The fourth-order valence-electron chi connectivity index (χ4n) is 3.39. The Morgan fingerprint density at radius 3 is 2.32 bits per heavy atom.